The molecule has 1 saturated carbocycles. The average molecular weight is 285 g/mol. The number of carboxylic acids is 1. The largest absolute Gasteiger partial charge is 0.496 e. The summed E-state index contributed by atoms with van der Waals surface area (Å²) in [7, 11) is 3.10. The Morgan fingerprint density at radius 2 is 2.00 bits per heavy atom. The second-order valence-corrected chi connectivity index (χ2v) is 5.18. The van der Waals surface area contributed by atoms with Crippen LogP contribution in [0, 0.1) is 5.92 Å². The first-order valence-electron chi connectivity index (χ1n) is 6.20. The molecule has 0 amide bonds. The average Bonchev–Trinajstić information content (AvgIpc) is 3.19. The second-order valence-electron chi connectivity index (χ2n) is 4.77. The van der Waals surface area contributed by atoms with Gasteiger partial charge in [-0.1, -0.05) is 11.6 Å². The van der Waals surface area contributed by atoms with Crippen molar-refractivity contribution in [3.63, 3.8) is 0 Å². The molecular weight excluding hydrogens is 268 g/mol. The molecule has 0 aromatic heterocycles. The van der Waals surface area contributed by atoms with Crippen molar-refractivity contribution in [3.05, 3.63) is 22.7 Å². The van der Waals surface area contributed by atoms with E-state index in [1.54, 1.807) is 26.4 Å². The van der Waals surface area contributed by atoms with E-state index in [4.69, 9.17) is 26.2 Å². The van der Waals surface area contributed by atoms with Gasteiger partial charge in [0, 0.05) is 17.5 Å². The number of aliphatic carboxylic acids is 1. The van der Waals surface area contributed by atoms with Gasteiger partial charge in [0.25, 0.3) is 0 Å². The van der Waals surface area contributed by atoms with Crippen LogP contribution in [0.1, 0.15) is 30.7 Å². The Morgan fingerprint density at radius 3 is 2.47 bits per heavy atom. The zero-order valence-electron chi connectivity index (χ0n) is 11.0. The van der Waals surface area contributed by atoms with Crippen LogP contribution in [0.15, 0.2) is 12.1 Å². The third-order valence-electron chi connectivity index (χ3n) is 3.49. The molecule has 0 spiro atoms. The fraction of sp³-hybridized carbons (Fsp3) is 0.500. The Morgan fingerprint density at radius 1 is 1.37 bits per heavy atom. The molecule has 0 heterocycles. The summed E-state index contributed by atoms with van der Waals surface area (Å²) < 4.78 is 10.5. The molecule has 1 fully saturated rings. The SMILES string of the molecule is COc1cc(C(CC(=O)O)C2CC2)c(OC)cc1Cl. The third kappa shape index (κ3) is 3.13. The van der Waals surface area contributed by atoms with Crippen molar-refractivity contribution in [2.24, 2.45) is 5.92 Å². The molecule has 1 unspecified atom stereocenters. The van der Waals surface area contributed by atoms with Crippen molar-refractivity contribution in [1.82, 2.24) is 0 Å². The van der Waals surface area contributed by atoms with Crippen molar-refractivity contribution in [3.8, 4) is 11.5 Å². The van der Waals surface area contributed by atoms with Gasteiger partial charge in [0.1, 0.15) is 11.5 Å². The second kappa shape index (κ2) is 5.70. The molecule has 19 heavy (non-hydrogen) atoms. The summed E-state index contributed by atoms with van der Waals surface area (Å²) in [5.74, 6) is 0.750. The van der Waals surface area contributed by atoms with E-state index in [0.717, 1.165) is 18.4 Å². The third-order valence-corrected chi connectivity index (χ3v) is 3.78. The number of hydrogen-bond acceptors (Lipinski definition) is 3. The molecule has 4 nitrogen and oxygen atoms in total. The molecule has 1 atom stereocenters. The Bertz CT molecular complexity index is 483. The lowest BCUT2D eigenvalue weighted by atomic mass is 9.90. The maximum atomic E-state index is 11.0. The molecule has 1 aliphatic rings. The summed E-state index contributed by atoms with van der Waals surface area (Å²) in [6, 6.07) is 3.49. The maximum Gasteiger partial charge on any atom is 0.303 e. The molecular formula is C14H17ClO4. The van der Waals surface area contributed by atoms with Crippen LogP contribution in [0.3, 0.4) is 0 Å². The number of benzene rings is 1. The molecule has 104 valence electrons. The minimum Gasteiger partial charge on any atom is -0.496 e. The maximum absolute atomic E-state index is 11.0. The van der Waals surface area contributed by atoms with Gasteiger partial charge >= 0.3 is 5.97 Å². The van der Waals surface area contributed by atoms with Gasteiger partial charge in [-0.2, -0.15) is 0 Å². The summed E-state index contributed by atoms with van der Waals surface area (Å²) in [5.41, 5.74) is 0.869. The standard InChI is InChI=1S/C14H17ClO4/c1-18-12-7-11(15)13(19-2)5-10(12)9(6-14(16)17)8-3-4-8/h5,7-9H,3-4,6H2,1-2H3,(H,16,17). The van der Waals surface area contributed by atoms with E-state index in [1.165, 1.54) is 0 Å². The molecule has 1 aromatic carbocycles. The highest BCUT2D eigenvalue weighted by atomic mass is 35.5. The first-order chi connectivity index (χ1) is 9.06. The zero-order valence-corrected chi connectivity index (χ0v) is 11.7. The minimum absolute atomic E-state index is 0.0429. The summed E-state index contributed by atoms with van der Waals surface area (Å²) >= 11 is 6.06. The first-order valence-corrected chi connectivity index (χ1v) is 6.57. The summed E-state index contributed by atoms with van der Waals surface area (Å²) in [6.07, 6.45) is 2.23. The fourth-order valence-electron chi connectivity index (χ4n) is 2.39. The summed E-state index contributed by atoms with van der Waals surface area (Å²) in [5, 5.41) is 9.53. The van der Waals surface area contributed by atoms with Crippen molar-refractivity contribution < 1.29 is 19.4 Å². The van der Waals surface area contributed by atoms with E-state index in [0.29, 0.717) is 22.4 Å². The van der Waals surface area contributed by atoms with E-state index in [1.807, 2.05) is 0 Å². The van der Waals surface area contributed by atoms with Crippen LogP contribution in [0.5, 0.6) is 11.5 Å². The Hall–Kier alpha value is -1.42. The van der Waals surface area contributed by atoms with Gasteiger partial charge in [-0.15, -0.1) is 0 Å². The minimum atomic E-state index is -0.798. The predicted octanol–water partition coefficient (Wildman–Crippen LogP) is 3.33. The number of carboxylic acid groups (broad SMARTS) is 1. The van der Waals surface area contributed by atoms with Crippen molar-refractivity contribution in [2.45, 2.75) is 25.2 Å². The highest BCUT2D eigenvalue weighted by molar-refractivity contribution is 6.32. The molecule has 1 aromatic rings. The monoisotopic (exact) mass is 284 g/mol. The highest BCUT2D eigenvalue weighted by Gasteiger charge is 2.35. The molecule has 2 rings (SSSR count). The van der Waals surface area contributed by atoms with Crippen LogP contribution in [-0.4, -0.2) is 25.3 Å². The Kier molecular flexibility index (Phi) is 4.20. The number of carbonyl (C=O) groups is 1. The van der Waals surface area contributed by atoms with Crippen LogP contribution in [0.25, 0.3) is 0 Å². The van der Waals surface area contributed by atoms with Crippen LogP contribution < -0.4 is 9.47 Å². The van der Waals surface area contributed by atoms with Gasteiger partial charge in [-0.3, -0.25) is 4.79 Å². The summed E-state index contributed by atoms with van der Waals surface area (Å²) in [4.78, 5) is 11.0. The quantitative estimate of drug-likeness (QED) is 0.870. The molecule has 5 heteroatoms. The lowest BCUT2D eigenvalue weighted by Crippen LogP contribution is -2.10. The van der Waals surface area contributed by atoms with E-state index >= 15 is 0 Å². The van der Waals surface area contributed by atoms with Crippen molar-refractivity contribution in [1.29, 1.82) is 0 Å². The number of ether oxygens (including phenoxy) is 2. The lowest BCUT2D eigenvalue weighted by molar-refractivity contribution is -0.137. The zero-order chi connectivity index (χ0) is 14.0. The Labute approximate surface area is 117 Å². The van der Waals surface area contributed by atoms with Gasteiger partial charge in [-0.05, 0) is 24.8 Å². The summed E-state index contributed by atoms with van der Waals surface area (Å²) in [6.45, 7) is 0. The van der Waals surface area contributed by atoms with Gasteiger partial charge < -0.3 is 14.6 Å². The Balaban J connectivity index is 2.41. The molecule has 0 radical (unpaired) electrons. The topological polar surface area (TPSA) is 55.8 Å². The van der Waals surface area contributed by atoms with Gasteiger partial charge in [0.05, 0.1) is 25.7 Å². The number of halogens is 1. The van der Waals surface area contributed by atoms with Gasteiger partial charge in [0.2, 0.25) is 0 Å². The molecule has 0 bridgehead atoms. The normalized spacial score (nSPS) is 15.9. The van der Waals surface area contributed by atoms with Crippen LogP contribution in [-0.2, 0) is 4.79 Å². The molecule has 1 aliphatic carbocycles. The fourth-order valence-corrected chi connectivity index (χ4v) is 2.62. The molecule has 0 aliphatic heterocycles. The van der Waals surface area contributed by atoms with Crippen molar-refractivity contribution >= 4 is 17.6 Å². The lowest BCUT2D eigenvalue weighted by Gasteiger charge is -2.19. The molecule has 0 saturated heterocycles. The smallest absolute Gasteiger partial charge is 0.303 e. The van der Waals surface area contributed by atoms with Gasteiger partial charge in [0.15, 0.2) is 0 Å². The van der Waals surface area contributed by atoms with Crippen LogP contribution in [0.4, 0.5) is 0 Å². The van der Waals surface area contributed by atoms with E-state index < -0.39 is 5.97 Å². The number of hydrogen-bond donors (Lipinski definition) is 1. The number of methoxy groups -OCH3 is 2. The van der Waals surface area contributed by atoms with Crippen molar-refractivity contribution in [2.75, 3.05) is 14.2 Å². The predicted molar refractivity (Wildman–Crippen MR) is 72.3 cm³/mol. The number of rotatable bonds is 6. The van der Waals surface area contributed by atoms with Gasteiger partial charge in [-0.25, -0.2) is 0 Å². The van der Waals surface area contributed by atoms with Crippen LogP contribution >= 0.6 is 11.6 Å². The van der Waals surface area contributed by atoms with E-state index in [9.17, 15) is 4.79 Å². The van der Waals surface area contributed by atoms with E-state index in [-0.39, 0.29) is 12.3 Å². The molecule has 1 N–H and O–H groups in total. The first kappa shape index (κ1) is 14.0. The highest BCUT2D eigenvalue weighted by Crippen LogP contribution is 2.48. The van der Waals surface area contributed by atoms with Crippen LogP contribution in [0.2, 0.25) is 5.02 Å². The van der Waals surface area contributed by atoms with E-state index in [2.05, 4.69) is 0 Å².